The molecular weight excluding hydrogens is 357 g/mol. The second kappa shape index (κ2) is 10.2. The van der Waals surface area contributed by atoms with Gasteiger partial charge in [0, 0.05) is 44.8 Å². The number of nitrogens with zero attached hydrogens (tertiary/aromatic N) is 2. The number of benzene rings is 2. The van der Waals surface area contributed by atoms with Crippen molar-refractivity contribution < 1.29 is 13.9 Å². The van der Waals surface area contributed by atoms with Gasteiger partial charge in [0.25, 0.3) is 0 Å². The molecule has 0 radical (unpaired) electrons. The third-order valence-electron chi connectivity index (χ3n) is 5.09. The number of carbonyl (C=O) groups is 1. The van der Waals surface area contributed by atoms with Gasteiger partial charge in [0.2, 0.25) is 5.91 Å². The van der Waals surface area contributed by atoms with Crippen molar-refractivity contribution in [2.75, 3.05) is 46.4 Å². The Kier molecular flexibility index (Phi) is 7.39. The minimum Gasteiger partial charge on any atom is -0.496 e. The van der Waals surface area contributed by atoms with E-state index in [1.807, 2.05) is 36.4 Å². The first kappa shape index (κ1) is 20.3. The van der Waals surface area contributed by atoms with Crippen LogP contribution >= 0.6 is 0 Å². The minimum absolute atomic E-state index is 0.0393. The molecule has 1 aliphatic heterocycles. The van der Waals surface area contributed by atoms with Crippen LogP contribution in [0.3, 0.4) is 0 Å². The monoisotopic (exact) mass is 385 g/mol. The van der Waals surface area contributed by atoms with E-state index in [-0.39, 0.29) is 11.7 Å². The second-order valence-electron chi connectivity index (χ2n) is 7.06. The lowest BCUT2D eigenvalue weighted by Crippen LogP contribution is -2.49. The molecule has 0 spiro atoms. The summed E-state index contributed by atoms with van der Waals surface area (Å²) in [5.74, 6) is 0.736. The predicted octanol–water partition coefficient (Wildman–Crippen LogP) is 2.31. The lowest BCUT2D eigenvalue weighted by molar-refractivity contribution is -0.122. The van der Waals surface area contributed by atoms with Gasteiger partial charge in [-0.2, -0.15) is 0 Å². The van der Waals surface area contributed by atoms with Crippen LogP contribution in [0.1, 0.15) is 11.1 Å². The molecule has 0 bridgehead atoms. The average molecular weight is 385 g/mol. The summed E-state index contributed by atoms with van der Waals surface area (Å²) in [7, 11) is 1.66. The summed E-state index contributed by atoms with van der Waals surface area (Å²) in [6.45, 7) is 4.91. The molecule has 2 aromatic rings. The number of ether oxygens (including phenoxy) is 1. The van der Waals surface area contributed by atoms with Gasteiger partial charge in [-0.25, -0.2) is 4.39 Å². The zero-order valence-corrected chi connectivity index (χ0v) is 16.4. The van der Waals surface area contributed by atoms with E-state index in [2.05, 4.69) is 15.1 Å². The molecule has 1 heterocycles. The Hall–Kier alpha value is -2.44. The van der Waals surface area contributed by atoms with Crippen LogP contribution in [0.2, 0.25) is 0 Å². The highest BCUT2D eigenvalue weighted by atomic mass is 19.1. The fraction of sp³-hybridized carbons (Fsp3) is 0.409. The van der Waals surface area contributed by atoms with Crippen LogP contribution in [0.15, 0.2) is 48.5 Å². The number of methoxy groups -OCH3 is 1. The number of carbonyl (C=O) groups excluding carboxylic acids is 1. The lowest BCUT2D eigenvalue weighted by Gasteiger charge is -2.34. The summed E-state index contributed by atoms with van der Waals surface area (Å²) < 4.78 is 19.1. The molecule has 2 aromatic carbocycles. The summed E-state index contributed by atoms with van der Waals surface area (Å²) in [5, 5.41) is 2.99. The molecule has 0 unspecified atom stereocenters. The van der Waals surface area contributed by atoms with Gasteiger partial charge in [-0.15, -0.1) is 0 Å². The van der Waals surface area contributed by atoms with E-state index in [1.54, 1.807) is 13.2 Å². The van der Waals surface area contributed by atoms with Gasteiger partial charge in [-0.1, -0.05) is 36.4 Å². The maximum Gasteiger partial charge on any atom is 0.234 e. The molecule has 1 saturated heterocycles. The van der Waals surface area contributed by atoms with Crippen LogP contribution in [0.4, 0.5) is 4.39 Å². The highest BCUT2D eigenvalue weighted by Crippen LogP contribution is 2.17. The molecule has 5 nitrogen and oxygen atoms in total. The van der Waals surface area contributed by atoms with E-state index < -0.39 is 0 Å². The molecule has 28 heavy (non-hydrogen) atoms. The van der Waals surface area contributed by atoms with Crippen molar-refractivity contribution in [2.45, 2.75) is 13.0 Å². The van der Waals surface area contributed by atoms with E-state index in [4.69, 9.17) is 4.74 Å². The summed E-state index contributed by atoms with van der Waals surface area (Å²) in [5.41, 5.74) is 1.82. The van der Waals surface area contributed by atoms with Crippen LogP contribution in [0.25, 0.3) is 0 Å². The van der Waals surface area contributed by atoms with Crippen LogP contribution in [0, 0.1) is 5.82 Å². The number of piperazine rings is 1. The number of nitrogens with one attached hydrogen (secondary N) is 1. The molecule has 150 valence electrons. The minimum atomic E-state index is -0.153. The summed E-state index contributed by atoms with van der Waals surface area (Å²) in [6.07, 6.45) is 0.742. The maximum atomic E-state index is 13.8. The number of halogens is 1. The Morgan fingerprint density at radius 1 is 1.00 bits per heavy atom. The number of para-hydroxylation sites is 1. The Morgan fingerprint density at radius 2 is 1.64 bits per heavy atom. The van der Waals surface area contributed by atoms with E-state index in [0.29, 0.717) is 19.6 Å². The topological polar surface area (TPSA) is 44.8 Å². The lowest BCUT2D eigenvalue weighted by atomic mass is 10.1. The van der Waals surface area contributed by atoms with Crippen LogP contribution in [0.5, 0.6) is 5.75 Å². The van der Waals surface area contributed by atoms with Crippen molar-refractivity contribution >= 4 is 5.91 Å². The maximum absolute atomic E-state index is 13.8. The number of hydrogen-bond acceptors (Lipinski definition) is 4. The molecule has 0 aliphatic carbocycles. The molecule has 1 N–H and O–H groups in total. The van der Waals surface area contributed by atoms with Gasteiger partial charge in [0.05, 0.1) is 13.7 Å². The second-order valence-corrected chi connectivity index (χ2v) is 7.06. The van der Waals surface area contributed by atoms with Gasteiger partial charge in [-0.3, -0.25) is 14.6 Å². The standard InChI is InChI=1S/C22H28FN3O2/c1-28-21-9-5-3-6-18(21)10-11-24-22(27)17-26-14-12-25(13-15-26)16-19-7-2-4-8-20(19)23/h2-9H,10-17H2,1H3,(H,24,27). The fourth-order valence-electron chi connectivity index (χ4n) is 3.48. The molecule has 0 aromatic heterocycles. The molecule has 6 heteroatoms. The molecule has 1 fully saturated rings. The fourth-order valence-corrected chi connectivity index (χ4v) is 3.48. The van der Waals surface area contributed by atoms with Gasteiger partial charge in [0.1, 0.15) is 11.6 Å². The molecule has 1 amide bonds. The molecule has 0 saturated carbocycles. The van der Waals surface area contributed by atoms with Crippen molar-refractivity contribution in [2.24, 2.45) is 0 Å². The van der Waals surface area contributed by atoms with Crippen molar-refractivity contribution in [3.8, 4) is 5.75 Å². The largest absolute Gasteiger partial charge is 0.496 e. The SMILES string of the molecule is COc1ccccc1CCNC(=O)CN1CCN(Cc2ccccc2F)CC1. The first-order valence-corrected chi connectivity index (χ1v) is 9.72. The van der Waals surface area contributed by atoms with Gasteiger partial charge >= 0.3 is 0 Å². The van der Waals surface area contributed by atoms with Crippen molar-refractivity contribution in [1.82, 2.24) is 15.1 Å². The van der Waals surface area contributed by atoms with Crippen LogP contribution in [-0.4, -0.2) is 62.1 Å². The van der Waals surface area contributed by atoms with Gasteiger partial charge in [0.15, 0.2) is 0 Å². The highest BCUT2D eigenvalue weighted by Gasteiger charge is 2.19. The zero-order valence-electron chi connectivity index (χ0n) is 16.4. The first-order valence-electron chi connectivity index (χ1n) is 9.72. The summed E-state index contributed by atoms with van der Waals surface area (Å²) in [6, 6.07) is 14.8. The number of rotatable bonds is 8. The van der Waals surface area contributed by atoms with Crippen LogP contribution in [-0.2, 0) is 17.8 Å². The van der Waals surface area contributed by atoms with Crippen LogP contribution < -0.4 is 10.1 Å². The highest BCUT2D eigenvalue weighted by molar-refractivity contribution is 5.78. The van der Waals surface area contributed by atoms with Gasteiger partial charge < -0.3 is 10.1 Å². The van der Waals surface area contributed by atoms with Gasteiger partial charge in [-0.05, 0) is 24.1 Å². The Bertz CT molecular complexity index is 776. The van der Waals surface area contributed by atoms with E-state index in [9.17, 15) is 9.18 Å². The Labute approximate surface area is 166 Å². The first-order chi connectivity index (χ1) is 13.7. The number of amides is 1. The number of hydrogen-bond donors (Lipinski definition) is 1. The normalized spacial score (nSPS) is 15.4. The molecular formula is C22H28FN3O2. The van der Waals surface area contributed by atoms with Crippen molar-refractivity contribution in [3.05, 3.63) is 65.5 Å². The third-order valence-corrected chi connectivity index (χ3v) is 5.09. The molecule has 3 rings (SSSR count). The van der Waals surface area contributed by atoms with Crippen molar-refractivity contribution in [3.63, 3.8) is 0 Å². The smallest absolute Gasteiger partial charge is 0.234 e. The quantitative estimate of drug-likeness (QED) is 0.758. The predicted molar refractivity (Wildman–Crippen MR) is 108 cm³/mol. The van der Waals surface area contributed by atoms with E-state index >= 15 is 0 Å². The van der Waals surface area contributed by atoms with Crippen molar-refractivity contribution in [1.29, 1.82) is 0 Å². The Morgan fingerprint density at radius 3 is 2.36 bits per heavy atom. The zero-order chi connectivity index (χ0) is 19.8. The molecule has 0 atom stereocenters. The average Bonchev–Trinajstić information content (AvgIpc) is 2.71. The van der Waals surface area contributed by atoms with E-state index in [1.165, 1.54) is 6.07 Å². The summed E-state index contributed by atoms with van der Waals surface area (Å²) in [4.78, 5) is 16.6. The van der Waals surface area contributed by atoms with E-state index in [0.717, 1.165) is 49.5 Å². The molecule has 1 aliphatic rings. The summed E-state index contributed by atoms with van der Waals surface area (Å²) >= 11 is 0. The Balaban J connectivity index is 1.36. The third kappa shape index (κ3) is 5.78.